The van der Waals surface area contributed by atoms with Gasteiger partial charge < -0.3 is 9.64 Å². The van der Waals surface area contributed by atoms with E-state index < -0.39 is 0 Å². The number of hydrogen-bond acceptors (Lipinski definition) is 5. The molecule has 0 bridgehead atoms. The van der Waals surface area contributed by atoms with Crippen molar-refractivity contribution in [3.63, 3.8) is 0 Å². The monoisotopic (exact) mass is 436 g/mol. The lowest BCUT2D eigenvalue weighted by atomic mass is 9.93. The number of thioether (sulfide) groups is 1. The van der Waals surface area contributed by atoms with E-state index in [9.17, 15) is 4.79 Å². The molecular formula is C24H28N4O2S. The van der Waals surface area contributed by atoms with Crippen molar-refractivity contribution < 1.29 is 9.53 Å². The first kappa shape index (κ1) is 21.4. The summed E-state index contributed by atoms with van der Waals surface area (Å²) in [5, 5.41) is 4.26. The Hall–Kier alpha value is -2.80. The molecule has 1 amide bonds. The van der Waals surface area contributed by atoms with Crippen LogP contribution in [0.1, 0.15) is 43.9 Å². The van der Waals surface area contributed by atoms with Crippen LogP contribution in [0.25, 0.3) is 0 Å². The molecule has 0 saturated heterocycles. The van der Waals surface area contributed by atoms with Crippen LogP contribution in [0, 0.1) is 0 Å². The Morgan fingerprint density at radius 1 is 1.29 bits per heavy atom. The number of benzene rings is 2. The van der Waals surface area contributed by atoms with Crippen LogP contribution in [-0.2, 0) is 6.42 Å². The van der Waals surface area contributed by atoms with E-state index in [1.165, 1.54) is 23.0 Å². The van der Waals surface area contributed by atoms with Gasteiger partial charge in [0.05, 0.1) is 23.1 Å². The minimum atomic E-state index is -0.378. The Morgan fingerprint density at radius 2 is 2.10 bits per heavy atom. The van der Waals surface area contributed by atoms with E-state index in [-0.39, 0.29) is 9.99 Å². The second kappa shape index (κ2) is 8.75. The van der Waals surface area contributed by atoms with Gasteiger partial charge in [-0.15, -0.1) is 0 Å². The number of methoxy groups -OCH3 is 1. The molecule has 2 aliphatic heterocycles. The summed E-state index contributed by atoms with van der Waals surface area (Å²) in [6, 6.07) is 14.5. The molecule has 0 unspecified atom stereocenters. The maximum absolute atomic E-state index is 11.8. The number of anilines is 1. The zero-order valence-corrected chi connectivity index (χ0v) is 19.3. The summed E-state index contributed by atoms with van der Waals surface area (Å²) in [5.74, 6) is 1.76. The Bertz CT molecular complexity index is 1060. The first-order chi connectivity index (χ1) is 14.9. The number of fused-ring (bicyclic) bond motifs is 1. The van der Waals surface area contributed by atoms with Crippen LogP contribution in [0.15, 0.2) is 52.6 Å². The number of hydrogen-bond donors (Lipinski definition) is 1. The third kappa shape index (κ3) is 4.19. The molecule has 7 heteroatoms. The summed E-state index contributed by atoms with van der Waals surface area (Å²) in [6.07, 6.45) is 2.04. The van der Waals surface area contributed by atoms with Crippen LogP contribution in [0.4, 0.5) is 10.5 Å². The molecule has 6 nitrogen and oxygen atoms in total. The molecule has 2 aromatic carbocycles. The normalized spacial score (nSPS) is 18.2. The SMILES string of the molecule is CCN=C(c1ccccc1OC)N1CCCc2cc(C3=NNC(=O)SC3(C)C)ccc21. The van der Waals surface area contributed by atoms with Crippen molar-refractivity contribution in [2.45, 2.75) is 38.4 Å². The minimum Gasteiger partial charge on any atom is -0.496 e. The number of amidine groups is 1. The Morgan fingerprint density at radius 3 is 2.84 bits per heavy atom. The number of rotatable bonds is 4. The van der Waals surface area contributed by atoms with Gasteiger partial charge in [0.25, 0.3) is 5.24 Å². The lowest BCUT2D eigenvalue weighted by molar-refractivity contribution is 0.260. The predicted molar refractivity (Wildman–Crippen MR) is 129 cm³/mol. The molecule has 0 saturated carbocycles. The molecule has 0 spiro atoms. The van der Waals surface area contributed by atoms with Gasteiger partial charge in [0.2, 0.25) is 0 Å². The number of ether oxygens (including phenoxy) is 1. The summed E-state index contributed by atoms with van der Waals surface area (Å²) in [5.41, 5.74) is 7.98. The minimum absolute atomic E-state index is 0.116. The summed E-state index contributed by atoms with van der Waals surface area (Å²) < 4.78 is 5.24. The number of nitrogens with zero attached hydrogens (tertiary/aromatic N) is 3. The second-order valence-corrected chi connectivity index (χ2v) is 9.66. The largest absolute Gasteiger partial charge is 0.496 e. The molecule has 31 heavy (non-hydrogen) atoms. The highest BCUT2D eigenvalue weighted by Crippen LogP contribution is 2.36. The fourth-order valence-corrected chi connectivity index (χ4v) is 5.03. The van der Waals surface area contributed by atoms with Crippen LogP contribution in [0.2, 0.25) is 0 Å². The lowest BCUT2D eigenvalue weighted by Gasteiger charge is -2.34. The molecule has 162 valence electrons. The van der Waals surface area contributed by atoms with Gasteiger partial charge in [-0.2, -0.15) is 5.10 Å². The maximum atomic E-state index is 11.8. The van der Waals surface area contributed by atoms with Crippen LogP contribution < -0.4 is 15.1 Å². The van der Waals surface area contributed by atoms with Crippen molar-refractivity contribution in [2.75, 3.05) is 25.1 Å². The van der Waals surface area contributed by atoms with E-state index in [1.54, 1.807) is 7.11 Å². The van der Waals surface area contributed by atoms with Crippen LogP contribution in [0.5, 0.6) is 5.75 Å². The fraction of sp³-hybridized carbons (Fsp3) is 0.375. The number of aliphatic imine (C=N–C) groups is 1. The van der Waals surface area contributed by atoms with Crippen LogP contribution in [-0.4, -0.2) is 41.7 Å². The first-order valence-electron chi connectivity index (χ1n) is 10.6. The highest BCUT2D eigenvalue weighted by atomic mass is 32.2. The number of aryl methyl sites for hydroxylation is 1. The highest BCUT2D eigenvalue weighted by molar-refractivity contribution is 8.15. The maximum Gasteiger partial charge on any atom is 0.300 e. The van der Waals surface area contributed by atoms with Gasteiger partial charge in [0.1, 0.15) is 11.6 Å². The molecular weight excluding hydrogens is 408 g/mol. The topological polar surface area (TPSA) is 66.3 Å². The van der Waals surface area contributed by atoms with Gasteiger partial charge in [0, 0.05) is 18.8 Å². The summed E-state index contributed by atoms with van der Waals surface area (Å²) in [7, 11) is 1.70. The number of amides is 1. The molecule has 0 atom stereocenters. The zero-order chi connectivity index (χ0) is 22.0. The third-order valence-electron chi connectivity index (χ3n) is 5.56. The Balaban J connectivity index is 1.75. The van der Waals surface area contributed by atoms with Crippen molar-refractivity contribution in [3.05, 3.63) is 59.2 Å². The van der Waals surface area contributed by atoms with Crippen molar-refractivity contribution in [1.82, 2.24) is 5.43 Å². The van der Waals surface area contributed by atoms with Gasteiger partial charge >= 0.3 is 0 Å². The van der Waals surface area contributed by atoms with Gasteiger partial charge in [0.15, 0.2) is 0 Å². The summed E-state index contributed by atoms with van der Waals surface area (Å²) >= 11 is 1.27. The average Bonchev–Trinajstić information content (AvgIpc) is 2.76. The summed E-state index contributed by atoms with van der Waals surface area (Å²) in [4.78, 5) is 18.9. The molecule has 4 rings (SSSR count). The van der Waals surface area contributed by atoms with E-state index >= 15 is 0 Å². The van der Waals surface area contributed by atoms with Crippen molar-refractivity contribution in [2.24, 2.45) is 10.1 Å². The molecule has 0 aromatic heterocycles. The lowest BCUT2D eigenvalue weighted by Crippen LogP contribution is -2.39. The van der Waals surface area contributed by atoms with Crippen molar-refractivity contribution in [1.29, 1.82) is 0 Å². The summed E-state index contributed by atoms with van der Waals surface area (Å²) in [6.45, 7) is 7.72. The average molecular weight is 437 g/mol. The molecule has 2 aliphatic rings. The number of hydrazone groups is 1. The molecule has 1 N–H and O–H groups in total. The quantitative estimate of drug-likeness (QED) is 0.549. The van der Waals surface area contributed by atoms with E-state index in [2.05, 4.69) is 46.6 Å². The van der Waals surface area contributed by atoms with E-state index in [0.29, 0.717) is 6.54 Å². The molecule has 0 fully saturated rings. The molecule has 0 radical (unpaired) electrons. The standard InChI is InChI=1S/C24H28N4O2S/c1-5-25-22(18-10-6-7-11-20(18)30-4)28-14-8-9-16-15-17(12-13-19(16)28)21-24(2,3)31-23(29)27-26-21/h6-7,10-13,15H,5,8-9,14H2,1-4H3,(H,27,29). The van der Waals surface area contributed by atoms with Gasteiger partial charge in [-0.3, -0.25) is 9.79 Å². The Kier molecular flexibility index (Phi) is 6.05. The number of nitrogens with one attached hydrogen (secondary N) is 1. The zero-order valence-electron chi connectivity index (χ0n) is 18.4. The smallest absolute Gasteiger partial charge is 0.300 e. The van der Waals surface area contributed by atoms with Gasteiger partial charge in [-0.05, 0) is 69.0 Å². The van der Waals surface area contributed by atoms with E-state index in [4.69, 9.17) is 9.73 Å². The number of carbonyl (C=O) groups excluding carboxylic acids is 1. The molecule has 2 aromatic rings. The number of para-hydroxylation sites is 1. The predicted octanol–water partition coefficient (Wildman–Crippen LogP) is 4.85. The Labute approximate surface area is 187 Å². The highest BCUT2D eigenvalue weighted by Gasteiger charge is 2.34. The number of carbonyl (C=O) groups is 1. The first-order valence-corrected chi connectivity index (χ1v) is 11.4. The van der Waals surface area contributed by atoms with Crippen molar-refractivity contribution in [3.8, 4) is 5.75 Å². The van der Waals surface area contributed by atoms with Gasteiger partial charge in [-0.1, -0.05) is 30.0 Å². The fourth-order valence-electron chi connectivity index (χ4n) is 4.21. The molecule has 0 aliphatic carbocycles. The van der Waals surface area contributed by atoms with E-state index in [0.717, 1.165) is 47.8 Å². The van der Waals surface area contributed by atoms with E-state index in [1.807, 2.05) is 32.0 Å². The van der Waals surface area contributed by atoms with Gasteiger partial charge in [-0.25, -0.2) is 5.43 Å². The third-order valence-corrected chi connectivity index (χ3v) is 6.54. The van der Waals surface area contributed by atoms with Crippen molar-refractivity contribution >= 4 is 34.2 Å². The second-order valence-electron chi connectivity index (χ2n) is 8.07. The van der Waals surface area contributed by atoms with Crippen LogP contribution >= 0.6 is 11.8 Å². The molecule has 2 heterocycles. The van der Waals surface area contributed by atoms with Crippen LogP contribution in [0.3, 0.4) is 0 Å².